The van der Waals surface area contributed by atoms with Crippen molar-refractivity contribution in [2.45, 2.75) is 33.6 Å². The Morgan fingerprint density at radius 1 is 0.857 bits per heavy atom. The third-order valence-electron chi connectivity index (χ3n) is 5.35. The quantitative estimate of drug-likeness (QED) is 0.103. The smallest absolute Gasteiger partial charge is 0.312 e. The van der Waals surface area contributed by atoms with E-state index in [9.17, 15) is 18.3 Å². The van der Waals surface area contributed by atoms with Gasteiger partial charge in [0.1, 0.15) is 5.75 Å². The minimum absolute atomic E-state index is 0.0222. The van der Waals surface area contributed by atoms with Crippen LogP contribution in [0.25, 0.3) is 0 Å². The average molecular weight is 635 g/mol. The summed E-state index contributed by atoms with van der Waals surface area (Å²) >= 11 is 9.25. The lowest BCUT2D eigenvalue weighted by atomic mass is 9.98. The summed E-state index contributed by atoms with van der Waals surface area (Å²) in [5.41, 5.74) is 2.00. The number of nitrogens with one attached hydrogen (secondary N) is 1. The molecular formula is C30H38N2O7S3. The van der Waals surface area contributed by atoms with Crippen molar-refractivity contribution in [2.75, 3.05) is 24.7 Å². The Kier molecular flexibility index (Phi) is 16.9. The van der Waals surface area contributed by atoms with E-state index < -0.39 is 22.3 Å². The van der Waals surface area contributed by atoms with E-state index in [1.54, 1.807) is 57.2 Å². The maximum atomic E-state index is 11.0. The topological polar surface area (TPSA) is 136 Å². The molecule has 1 saturated heterocycles. The van der Waals surface area contributed by atoms with Gasteiger partial charge in [-0.05, 0) is 82.3 Å². The van der Waals surface area contributed by atoms with Crippen molar-refractivity contribution in [3.63, 3.8) is 0 Å². The zero-order valence-corrected chi connectivity index (χ0v) is 26.3. The number of thiol groups is 1. The van der Waals surface area contributed by atoms with Gasteiger partial charge in [0.15, 0.2) is 16.8 Å². The first-order chi connectivity index (χ1) is 19.8. The van der Waals surface area contributed by atoms with Crippen LogP contribution in [0.3, 0.4) is 0 Å². The number of nitrogens with zero attached hydrogens (tertiary/aromatic N) is 1. The van der Waals surface area contributed by atoms with E-state index in [-0.39, 0.29) is 16.8 Å². The molecule has 0 saturated carbocycles. The Bertz CT molecular complexity index is 1320. The summed E-state index contributed by atoms with van der Waals surface area (Å²) in [6.45, 7) is 6.99. The number of carbonyl (C=O) groups excluding carboxylic acids is 1. The van der Waals surface area contributed by atoms with Crippen LogP contribution in [0.15, 0.2) is 84.9 Å². The number of anilines is 1. The van der Waals surface area contributed by atoms with Crippen molar-refractivity contribution in [3.05, 3.63) is 96.1 Å². The van der Waals surface area contributed by atoms with Crippen LogP contribution in [0.2, 0.25) is 0 Å². The fraction of sp³-hybridized carbons (Fsp3) is 0.300. The molecule has 0 amide bonds. The summed E-state index contributed by atoms with van der Waals surface area (Å²) in [6, 6.07) is 25.6. The summed E-state index contributed by atoms with van der Waals surface area (Å²) in [5, 5.41) is 26.5. The Hall–Kier alpha value is -3.58. The first-order valence-electron chi connectivity index (χ1n) is 13.0. The molecule has 9 nitrogen and oxygen atoms in total. The molecule has 1 heterocycles. The van der Waals surface area contributed by atoms with E-state index in [0.717, 1.165) is 24.3 Å². The second-order valence-electron chi connectivity index (χ2n) is 9.80. The number of rotatable bonds is 6. The van der Waals surface area contributed by atoms with Crippen LogP contribution in [0.4, 0.5) is 5.69 Å². The Labute approximate surface area is 259 Å². The fourth-order valence-electron chi connectivity index (χ4n) is 3.19. The number of esters is 1. The van der Waals surface area contributed by atoms with Gasteiger partial charge in [0.05, 0.1) is 5.41 Å². The van der Waals surface area contributed by atoms with Gasteiger partial charge in [0.25, 0.3) is 0 Å². The highest BCUT2D eigenvalue weighted by atomic mass is 32.2. The molecule has 0 radical (unpaired) electrons. The predicted octanol–water partition coefficient (Wildman–Crippen LogP) is 5.48. The number of carbonyl (C=O) groups is 1. The predicted molar refractivity (Wildman–Crippen MR) is 175 cm³/mol. The molecule has 0 spiro atoms. The maximum Gasteiger partial charge on any atom is 0.312 e. The number of hydrogen-bond donors (Lipinski definition) is 5. The van der Waals surface area contributed by atoms with Crippen LogP contribution < -0.4 is 9.62 Å². The molecule has 0 aliphatic carbocycles. The molecule has 4 rings (SSSR count). The fourth-order valence-corrected chi connectivity index (χ4v) is 3.62. The molecule has 1 aliphatic rings. The summed E-state index contributed by atoms with van der Waals surface area (Å²) in [5.74, 6) is -0.116. The van der Waals surface area contributed by atoms with Crippen molar-refractivity contribution in [3.8, 4) is 5.75 Å². The number of phenols is 1. The molecule has 1 fully saturated rings. The van der Waals surface area contributed by atoms with Crippen molar-refractivity contribution >= 4 is 57.1 Å². The highest BCUT2D eigenvalue weighted by molar-refractivity contribution is 7.80. The molecule has 1 aliphatic heterocycles. The third-order valence-corrected chi connectivity index (χ3v) is 6.21. The lowest BCUT2D eigenvalue weighted by molar-refractivity contribution is -0.153. The standard InChI is InChI=1S/C11H13NOS.C7H6OS.C6H13NO4S.C6H6O/c13-11(14)9-4-3-5-10(8-9)12-6-1-2-7-12;8-7(9)6-4-2-1-3-5-6;1-6(2,3)5(8)11-4-7-12(9)10;7-6-4-2-1-3-5-6/h3-5,8H,1-2,6-7H2,(H,13,14);1-5H,(H,8,9);12H,4H2,1-3H3,(H,7,9,10);1-5,7H. The third kappa shape index (κ3) is 16.0. The Morgan fingerprint density at radius 2 is 1.36 bits per heavy atom. The van der Waals surface area contributed by atoms with Crippen LogP contribution in [0, 0.1) is 5.41 Å². The number of hydrogen-bond acceptors (Lipinski definition) is 8. The summed E-state index contributed by atoms with van der Waals surface area (Å²) < 4.78 is 26.5. The average Bonchev–Trinajstić information content (AvgIpc) is 3.50. The molecule has 12 heteroatoms. The van der Waals surface area contributed by atoms with Gasteiger partial charge in [-0.25, -0.2) is 8.42 Å². The van der Waals surface area contributed by atoms with Gasteiger partial charge in [-0.3, -0.25) is 4.79 Å². The summed E-state index contributed by atoms with van der Waals surface area (Å²) in [4.78, 5) is 13.3. The van der Waals surface area contributed by atoms with E-state index in [1.807, 2.05) is 47.2 Å². The normalized spacial score (nSPS) is 12.0. The molecular weight excluding hydrogens is 597 g/mol. The minimum Gasteiger partial charge on any atom is -0.508 e. The molecule has 0 atom stereocenters. The van der Waals surface area contributed by atoms with Gasteiger partial charge in [-0.1, -0.05) is 60.7 Å². The number of aromatic hydroxyl groups is 1. The van der Waals surface area contributed by atoms with Crippen LogP contribution in [0.1, 0.15) is 44.7 Å². The van der Waals surface area contributed by atoms with Gasteiger partial charge < -0.3 is 25.0 Å². The van der Waals surface area contributed by atoms with E-state index in [1.165, 1.54) is 12.8 Å². The lowest BCUT2D eigenvalue weighted by Crippen LogP contribution is -2.27. The number of aliphatic hydroxyl groups is 2. The molecule has 0 unspecified atom stereocenters. The van der Waals surface area contributed by atoms with Crippen molar-refractivity contribution < 1.29 is 33.3 Å². The van der Waals surface area contributed by atoms with Crippen LogP contribution in [-0.2, 0) is 20.4 Å². The molecule has 0 bridgehead atoms. The van der Waals surface area contributed by atoms with Crippen LogP contribution >= 0.6 is 24.4 Å². The summed E-state index contributed by atoms with van der Waals surface area (Å²) in [6.07, 6.45) is 2.52. The van der Waals surface area contributed by atoms with E-state index in [0.29, 0.717) is 11.3 Å². The van der Waals surface area contributed by atoms with Gasteiger partial charge >= 0.3 is 5.97 Å². The number of phenolic OH excluding ortho intramolecular Hbond substituents is 1. The van der Waals surface area contributed by atoms with E-state index >= 15 is 0 Å². The van der Waals surface area contributed by atoms with Crippen molar-refractivity contribution in [1.29, 1.82) is 0 Å². The Balaban J connectivity index is 0.000000289. The monoisotopic (exact) mass is 634 g/mol. The lowest BCUT2D eigenvalue weighted by Gasteiger charge is -2.17. The number of aliphatic hydroxyl groups excluding tert-OH is 2. The summed E-state index contributed by atoms with van der Waals surface area (Å²) in [7, 11) is -2.69. The molecule has 4 N–H and O–H groups in total. The zero-order chi connectivity index (χ0) is 31.5. The first kappa shape index (κ1) is 36.4. The van der Waals surface area contributed by atoms with Gasteiger partial charge in [-0.2, -0.15) is 4.72 Å². The molecule has 0 aromatic heterocycles. The second kappa shape index (κ2) is 19.5. The van der Waals surface area contributed by atoms with Gasteiger partial charge in [0.2, 0.25) is 10.9 Å². The minimum atomic E-state index is -2.69. The SMILES string of the molecule is CC(C)(C)C(=O)OCN[SH](=O)=O.OC(=S)c1cccc(N2CCCC2)c1.OC(=S)c1ccccc1.Oc1ccccc1. The van der Waals surface area contributed by atoms with E-state index in [2.05, 4.69) is 27.9 Å². The van der Waals surface area contributed by atoms with Gasteiger partial charge in [0, 0.05) is 29.9 Å². The number of ether oxygens (including phenoxy) is 1. The van der Waals surface area contributed by atoms with Crippen molar-refractivity contribution in [2.24, 2.45) is 5.41 Å². The molecule has 3 aromatic carbocycles. The number of para-hydroxylation sites is 1. The molecule has 42 heavy (non-hydrogen) atoms. The molecule has 228 valence electrons. The van der Waals surface area contributed by atoms with Crippen LogP contribution in [0.5, 0.6) is 5.75 Å². The Morgan fingerprint density at radius 3 is 1.76 bits per heavy atom. The van der Waals surface area contributed by atoms with Crippen molar-refractivity contribution in [1.82, 2.24) is 4.72 Å². The second-order valence-corrected chi connectivity index (χ2v) is 11.4. The number of benzene rings is 3. The zero-order valence-electron chi connectivity index (χ0n) is 23.8. The maximum absolute atomic E-state index is 11.0. The first-order valence-corrected chi connectivity index (χ1v) is 15.0. The largest absolute Gasteiger partial charge is 0.508 e. The van der Waals surface area contributed by atoms with Crippen LogP contribution in [-0.4, -0.2) is 59.6 Å². The van der Waals surface area contributed by atoms with Gasteiger partial charge in [-0.15, -0.1) is 0 Å². The van der Waals surface area contributed by atoms with E-state index in [4.69, 9.17) is 22.4 Å². The number of thiocarbonyl (C=S) groups is 2. The highest BCUT2D eigenvalue weighted by Crippen LogP contribution is 2.21. The molecule has 3 aromatic rings. The highest BCUT2D eigenvalue weighted by Gasteiger charge is 2.22.